The van der Waals surface area contributed by atoms with Gasteiger partial charge < -0.3 is 15.9 Å². The predicted molar refractivity (Wildman–Crippen MR) is 94.6 cm³/mol. The Balaban J connectivity index is 0.000000197. The normalized spacial score (nSPS) is 10.8. The predicted octanol–water partition coefficient (Wildman–Crippen LogP) is 2.67. The van der Waals surface area contributed by atoms with E-state index in [0.717, 1.165) is 6.07 Å². The van der Waals surface area contributed by atoms with Crippen molar-refractivity contribution in [1.82, 2.24) is 0 Å². The third kappa shape index (κ3) is 4.37. The van der Waals surface area contributed by atoms with Gasteiger partial charge >= 0.3 is 0 Å². The summed E-state index contributed by atoms with van der Waals surface area (Å²) in [7, 11) is -4.26. The molecule has 9 nitrogen and oxygen atoms in total. The standard InChI is InChI=1S/C10H8O4S.C6H6N2O3/c11-8-5-4-7-2-1-3-10(9(7)6-8)15(12,13)14;7-5-3-4(8(10)11)1-2-6(5)9/h1-6,11H,(H,12,13,14);1-3,9H,7H2. The van der Waals surface area contributed by atoms with E-state index in [9.17, 15) is 23.6 Å². The average Bonchev–Trinajstić information content (AvgIpc) is 2.56. The Hall–Kier alpha value is -3.37. The van der Waals surface area contributed by atoms with Crippen LogP contribution in [-0.4, -0.2) is 28.1 Å². The second kappa shape index (κ2) is 7.25. The van der Waals surface area contributed by atoms with Gasteiger partial charge in [-0.2, -0.15) is 8.42 Å². The number of nitro benzene ring substituents is 1. The van der Waals surface area contributed by atoms with Gasteiger partial charge in [-0.15, -0.1) is 0 Å². The summed E-state index contributed by atoms with van der Waals surface area (Å²) in [4.78, 5) is 9.36. The Morgan fingerprint density at radius 3 is 2.27 bits per heavy atom. The lowest BCUT2D eigenvalue weighted by atomic mass is 10.1. The van der Waals surface area contributed by atoms with Crippen LogP contribution in [0.25, 0.3) is 10.8 Å². The molecule has 0 aliphatic carbocycles. The van der Waals surface area contributed by atoms with Crippen molar-refractivity contribution < 1.29 is 28.1 Å². The van der Waals surface area contributed by atoms with Crippen LogP contribution in [0.4, 0.5) is 11.4 Å². The molecule has 0 aliphatic heterocycles. The van der Waals surface area contributed by atoms with Crippen LogP contribution >= 0.6 is 0 Å². The van der Waals surface area contributed by atoms with Crippen LogP contribution in [0.5, 0.6) is 11.5 Å². The quantitative estimate of drug-likeness (QED) is 0.174. The van der Waals surface area contributed by atoms with Gasteiger partial charge in [0.1, 0.15) is 16.4 Å². The highest BCUT2D eigenvalue weighted by atomic mass is 32.2. The van der Waals surface area contributed by atoms with Crippen LogP contribution in [-0.2, 0) is 10.1 Å². The number of nitro groups is 1. The fourth-order valence-corrected chi connectivity index (χ4v) is 2.82. The van der Waals surface area contributed by atoms with Gasteiger partial charge in [-0.1, -0.05) is 18.2 Å². The van der Waals surface area contributed by atoms with E-state index in [0.29, 0.717) is 10.8 Å². The number of hydrogen-bond acceptors (Lipinski definition) is 7. The third-order valence-electron chi connectivity index (χ3n) is 3.33. The van der Waals surface area contributed by atoms with E-state index in [1.165, 1.54) is 36.4 Å². The largest absolute Gasteiger partial charge is 0.508 e. The molecular formula is C16H14N2O7S. The fraction of sp³-hybridized carbons (Fsp3) is 0. The number of benzene rings is 3. The molecule has 10 heteroatoms. The number of hydrogen-bond donors (Lipinski definition) is 4. The van der Waals surface area contributed by atoms with Crippen LogP contribution in [0.2, 0.25) is 0 Å². The summed E-state index contributed by atoms with van der Waals surface area (Å²) in [5.41, 5.74) is 5.09. The molecule has 0 saturated carbocycles. The highest BCUT2D eigenvalue weighted by Crippen LogP contribution is 2.26. The SMILES string of the molecule is Nc1cc([N+](=O)[O-])ccc1O.O=S(=O)(O)c1cccc2ccc(O)cc12. The molecule has 3 aromatic carbocycles. The molecule has 0 saturated heterocycles. The molecule has 3 aromatic rings. The molecule has 0 bridgehead atoms. The number of anilines is 1. The van der Waals surface area contributed by atoms with Crippen molar-refractivity contribution in [3.63, 3.8) is 0 Å². The number of fused-ring (bicyclic) bond motifs is 1. The average molecular weight is 378 g/mol. The van der Waals surface area contributed by atoms with Crippen LogP contribution in [0.1, 0.15) is 0 Å². The molecule has 5 N–H and O–H groups in total. The van der Waals surface area contributed by atoms with Crippen LogP contribution in [0.3, 0.4) is 0 Å². The molecule has 0 atom stereocenters. The van der Waals surface area contributed by atoms with Gasteiger partial charge in [0.2, 0.25) is 0 Å². The molecule has 3 rings (SSSR count). The van der Waals surface area contributed by atoms with Crippen molar-refractivity contribution >= 4 is 32.3 Å². The van der Waals surface area contributed by atoms with Crippen LogP contribution < -0.4 is 5.73 Å². The minimum absolute atomic E-state index is 0.0131. The lowest BCUT2D eigenvalue weighted by Crippen LogP contribution is -1.98. The summed E-state index contributed by atoms with van der Waals surface area (Å²) < 4.78 is 31.0. The summed E-state index contributed by atoms with van der Waals surface area (Å²) in [6.07, 6.45) is 0. The highest BCUT2D eigenvalue weighted by Gasteiger charge is 2.13. The van der Waals surface area contributed by atoms with Crippen molar-refractivity contribution in [3.8, 4) is 11.5 Å². The van der Waals surface area contributed by atoms with Crippen molar-refractivity contribution in [3.05, 3.63) is 64.7 Å². The third-order valence-corrected chi connectivity index (χ3v) is 4.24. The van der Waals surface area contributed by atoms with Crippen molar-refractivity contribution in [2.75, 3.05) is 5.73 Å². The maximum Gasteiger partial charge on any atom is 0.295 e. The van der Waals surface area contributed by atoms with Crippen molar-refractivity contribution in [2.45, 2.75) is 4.90 Å². The van der Waals surface area contributed by atoms with E-state index >= 15 is 0 Å². The minimum Gasteiger partial charge on any atom is -0.508 e. The van der Waals surface area contributed by atoms with Gasteiger partial charge in [0.25, 0.3) is 15.8 Å². The Kier molecular flexibility index (Phi) is 5.29. The summed E-state index contributed by atoms with van der Waals surface area (Å²) in [5, 5.41) is 29.2. The van der Waals surface area contributed by atoms with Crippen LogP contribution in [0, 0.1) is 10.1 Å². The van der Waals surface area contributed by atoms with E-state index in [-0.39, 0.29) is 27.8 Å². The second-order valence-electron chi connectivity index (χ2n) is 5.14. The van der Waals surface area contributed by atoms with E-state index < -0.39 is 15.0 Å². The highest BCUT2D eigenvalue weighted by molar-refractivity contribution is 7.86. The lowest BCUT2D eigenvalue weighted by Gasteiger charge is -2.03. The smallest absolute Gasteiger partial charge is 0.295 e. The number of phenols is 2. The van der Waals surface area contributed by atoms with Gasteiger partial charge in [-0.25, -0.2) is 0 Å². The molecule has 0 aliphatic rings. The number of non-ortho nitro benzene ring substituents is 1. The minimum atomic E-state index is -4.26. The zero-order valence-electron chi connectivity index (χ0n) is 13.1. The van der Waals surface area contributed by atoms with E-state index in [1.807, 2.05) is 0 Å². The molecule has 0 amide bonds. The topological polar surface area (TPSA) is 164 Å². The van der Waals surface area contributed by atoms with Crippen molar-refractivity contribution in [2.24, 2.45) is 0 Å². The zero-order valence-corrected chi connectivity index (χ0v) is 13.9. The van der Waals surface area contributed by atoms with E-state index in [1.54, 1.807) is 12.1 Å². The van der Waals surface area contributed by atoms with Gasteiger partial charge in [0.05, 0.1) is 10.6 Å². The number of rotatable bonds is 2. The molecule has 0 aromatic heterocycles. The number of nitrogens with two attached hydrogens (primary N) is 1. The molecule has 0 fully saturated rings. The Morgan fingerprint density at radius 2 is 1.69 bits per heavy atom. The first kappa shape index (κ1) is 19.0. The van der Waals surface area contributed by atoms with Gasteiger partial charge in [0.15, 0.2) is 0 Å². The van der Waals surface area contributed by atoms with Gasteiger partial charge in [0, 0.05) is 17.5 Å². The second-order valence-corrected chi connectivity index (χ2v) is 6.53. The van der Waals surface area contributed by atoms with Gasteiger partial charge in [-0.05, 0) is 29.7 Å². The summed E-state index contributed by atoms with van der Waals surface area (Å²) >= 11 is 0. The molecule has 136 valence electrons. The summed E-state index contributed by atoms with van der Waals surface area (Å²) in [6, 6.07) is 12.3. The molecular weight excluding hydrogens is 364 g/mol. The number of nitrogen functional groups attached to an aromatic ring is 1. The maximum atomic E-state index is 11.0. The Labute approximate surface area is 147 Å². The summed E-state index contributed by atoms with van der Waals surface area (Å²) in [6.45, 7) is 0. The Bertz CT molecular complexity index is 1080. The first-order chi connectivity index (χ1) is 12.1. The monoisotopic (exact) mass is 378 g/mol. The number of nitrogens with zero attached hydrogens (tertiary/aromatic N) is 1. The Morgan fingerprint density at radius 1 is 1.00 bits per heavy atom. The molecule has 26 heavy (non-hydrogen) atoms. The van der Waals surface area contributed by atoms with Gasteiger partial charge in [-0.3, -0.25) is 14.7 Å². The lowest BCUT2D eigenvalue weighted by molar-refractivity contribution is -0.384. The molecule has 0 heterocycles. The first-order valence-corrected chi connectivity index (χ1v) is 8.45. The molecule has 0 spiro atoms. The van der Waals surface area contributed by atoms with E-state index in [4.69, 9.17) is 15.4 Å². The van der Waals surface area contributed by atoms with E-state index in [2.05, 4.69) is 0 Å². The van der Waals surface area contributed by atoms with Crippen molar-refractivity contribution in [1.29, 1.82) is 0 Å². The molecule has 0 radical (unpaired) electrons. The maximum absolute atomic E-state index is 11.0. The number of phenolic OH excluding ortho intramolecular Hbond substituents is 2. The van der Waals surface area contributed by atoms with Crippen LogP contribution in [0.15, 0.2) is 59.5 Å². The first-order valence-electron chi connectivity index (χ1n) is 7.01. The fourth-order valence-electron chi connectivity index (χ4n) is 2.11. The summed E-state index contributed by atoms with van der Waals surface area (Å²) in [5.74, 6) is -0.186. The number of aromatic hydroxyl groups is 2. The molecule has 0 unspecified atom stereocenters. The zero-order chi connectivity index (χ0) is 19.5.